The second-order valence-electron chi connectivity index (χ2n) is 2.99. The van der Waals surface area contributed by atoms with Crippen LogP contribution in [-0.4, -0.2) is 0 Å². The van der Waals surface area contributed by atoms with E-state index in [4.69, 9.17) is 16.3 Å². The van der Waals surface area contributed by atoms with E-state index in [2.05, 4.69) is 0 Å². The maximum absolute atomic E-state index is 12.9. The van der Waals surface area contributed by atoms with E-state index in [1.165, 1.54) is 18.2 Å². The average Bonchev–Trinajstić information content (AvgIpc) is 2.25. The first-order valence-electron chi connectivity index (χ1n) is 4.43. The Labute approximate surface area is 92.1 Å². The Bertz CT molecular complexity index is 456. The van der Waals surface area contributed by atoms with E-state index in [0.29, 0.717) is 16.5 Å². The van der Waals surface area contributed by atoms with Crippen molar-refractivity contribution >= 4 is 11.6 Å². The van der Waals surface area contributed by atoms with Crippen molar-refractivity contribution in [2.75, 3.05) is 0 Å². The molecule has 2 aromatic rings. The molecule has 15 heavy (non-hydrogen) atoms. The van der Waals surface area contributed by atoms with Crippen LogP contribution in [0.25, 0.3) is 0 Å². The molecule has 0 aromatic heterocycles. The summed E-state index contributed by atoms with van der Waals surface area (Å²) < 4.78 is 18.3. The fourth-order valence-electron chi connectivity index (χ4n) is 1.17. The lowest BCUT2D eigenvalue weighted by Gasteiger charge is -2.06. The smallest absolute Gasteiger partial charge is 0.148 e. The summed E-state index contributed by atoms with van der Waals surface area (Å²) in [6.07, 6.45) is 0. The van der Waals surface area contributed by atoms with Crippen molar-refractivity contribution in [3.05, 3.63) is 59.4 Å². The quantitative estimate of drug-likeness (QED) is 0.737. The van der Waals surface area contributed by atoms with Gasteiger partial charge in [0.2, 0.25) is 0 Å². The summed E-state index contributed by atoms with van der Waals surface area (Å²) in [5.74, 6) is 0.582. The number of ether oxygens (including phenoxy) is 1. The molecule has 0 fully saturated rings. The molecule has 2 rings (SSSR count). The fourth-order valence-corrected chi connectivity index (χ4v) is 1.33. The number of hydrogen-bond acceptors (Lipinski definition) is 1. The Kier molecular flexibility index (Phi) is 2.88. The van der Waals surface area contributed by atoms with Gasteiger partial charge in [0.1, 0.15) is 17.3 Å². The highest BCUT2D eigenvalue weighted by Gasteiger charge is 2.03. The third kappa shape index (κ3) is 2.48. The van der Waals surface area contributed by atoms with Gasteiger partial charge in [-0.05, 0) is 24.3 Å². The van der Waals surface area contributed by atoms with Crippen LogP contribution in [0.5, 0.6) is 11.5 Å². The van der Waals surface area contributed by atoms with E-state index in [1.807, 2.05) is 18.2 Å². The normalized spacial score (nSPS) is 10.0. The van der Waals surface area contributed by atoms with Gasteiger partial charge in [0.25, 0.3) is 0 Å². The van der Waals surface area contributed by atoms with Crippen LogP contribution in [0.15, 0.2) is 48.5 Å². The van der Waals surface area contributed by atoms with E-state index in [-0.39, 0.29) is 5.82 Å². The van der Waals surface area contributed by atoms with Gasteiger partial charge in [0.05, 0.1) is 5.02 Å². The Morgan fingerprint density at radius 2 is 1.73 bits per heavy atom. The van der Waals surface area contributed by atoms with Crippen molar-refractivity contribution < 1.29 is 9.13 Å². The molecule has 0 saturated carbocycles. The van der Waals surface area contributed by atoms with Crippen LogP contribution in [0.2, 0.25) is 5.02 Å². The molecule has 0 N–H and O–H groups in total. The Morgan fingerprint density at radius 3 is 2.47 bits per heavy atom. The van der Waals surface area contributed by atoms with E-state index in [9.17, 15) is 4.39 Å². The van der Waals surface area contributed by atoms with Crippen LogP contribution in [0, 0.1) is 5.82 Å². The first-order chi connectivity index (χ1) is 7.25. The molecule has 3 heteroatoms. The molecule has 0 aliphatic rings. The molecule has 0 radical (unpaired) electrons. The zero-order chi connectivity index (χ0) is 10.7. The molecule has 0 atom stereocenters. The largest absolute Gasteiger partial charge is 0.456 e. The van der Waals surface area contributed by atoms with Gasteiger partial charge < -0.3 is 4.74 Å². The van der Waals surface area contributed by atoms with E-state index in [1.54, 1.807) is 12.1 Å². The standard InChI is InChI=1S/C12H8ClFO/c13-11-7-6-9(14)8-12(11)15-10-4-2-1-3-5-10/h1-8H. The molecule has 0 aliphatic carbocycles. The highest BCUT2D eigenvalue weighted by molar-refractivity contribution is 6.32. The topological polar surface area (TPSA) is 9.23 Å². The SMILES string of the molecule is Fc1ccc(Cl)c(Oc2ccccc2)c1. The van der Waals surface area contributed by atoms with Crippen molar-refractivity contribution in [3.8, 4) is 11.5 Å². The number of benzene rings is 2. The summed E-state index contributed by atoms with van der Waals surface area (Å²) in [7, 11) is 0. The van der Waals surface area contributed by atoms with Gasteiger partial charge in [0, 0.05) is 6.07 Å². The van der Waals surface area contributed by atoms with Gasteiger partial charge in [-0.3, -0.25) is 0 Å². The molecule has 2 aromatic carbocycles. The van der Waals surface area contributed by atoms with Crippen LogP contribution in [-0.2, 0) is 0 Å². The molecule has 0 bridgehead atoms. The summed E-state index contributed by atoms with van der Waals surface area (Å²) in [5.41, 5.74) is 0. The molecule has 76 valence electrons. The minimum atomic E-state index is -0.370. The van der Waals surface area contributed by atoms with E-state index < -0.39 is 0 Å². The second-order valence-corrected chi connectivity index (χ2v) is 3.40. The predicted octanol–water partition coefficient (Wildman–Crippen LogP) is 4.27. The summed E-state index contributed by atoms with van der Waals surface area (Å²) >= 11 is 5.85. The summed E-state index contributed by atoms with van der Waals surface area (Å²) in [4.78, 5) is 0. The van der Waals surface area contributed by atoms with Crippen molar-refractivity contribution in [1.82, 2.24) is 0 Å². The van der Waals surface area contributed by atoms with Crippen molar-refractivity contribution in [2.45, 2.75) is 0 Å². The second kappa shape index (κ2) is 4.32. The van der Waals surface area contributed by atoms with Crippen molar-refractivity contribution in [1.29, 1.82) is 0 Å². The van der Waals surface area contributed by atoms with Crippen LogP contribution in [0.1, 0.15) is 0 Å². The molecule has 0 saturated heterocycles. The molecule has 0 amide bonds. The molecule has 0 spiro atoms. The highest BCUT2D eigenvalue weighted by Crippen LogP contribution is 2.29. The lowest BCUT2D eigenvalue weighted by atomic mass is 10.3. The zero-order valence-corrected chi connectivity index (χ0v) is 8.54. The van der Waals surface area contributed by atoms with Crippen LogP contribution < -0.4 is 4.74 Å². The third-order valence-corrected chi connectivity index (χ3v) is 2.18. The maximum atomic E-state index is 12.9. The molecule has 1 nitrogen and oxygen atoms in total. The van der Waals surface area contributed by atoms with E-state index >= 15 is 0 Å². The Hall–Kier alpha value is -1.54. The van der Waals surface area contributed by atoms with Crippen molar-refractivity contribution in [3.63, 3.8) is 0 Å². The number of para-hydroxylation sites is 1. The highest BCUT2D eigenvalue weighted by atomic mass is 35.5. The minimum Gasteiger partial charge on any atom is -0.456 e. The third-order valence-electron chi connectivity index (χ3n) is 1.86. The van der Waals surface area contributed by atoms with Crippen LogP contribution in [0.4, 0.5) is 4.39 Å². The molecule has 0 heterocycles. The van der Waals surface area contributed by atoms with Crippen molar-refractivity contribution in [2.24, 2.45) is 0 Å². The minimum absolute atomic E-state index is 0.322. The lowest BCUT2D eigenvalue weighted by Crippen LogP contribution is -1.85. The summed E-state index contributed by atoms with van der Waals surface area (Å²) in [6, 6.07) is 13.1. The predicted molar refractivity (Wildman–Crippen MR) is 57.9 cm³/mol. The molecular formula is C12H8ClFO. The average molecular weight is 223 g/mol. The van der Waals surface area contributed by atoms with Gasteiger partial charge in [-0.15, -0.1) is 0 Å². The summed E-state index contributed by atoms with van der Waals surface area (Å²) in [5, 5.41) is 0.389. The monoisotopic (exact) mass is 222 g/mol. The fraction of sp³-hybridized carbons (Fsp3) is 0. The lowest BCUT2D eigenvalue weighted by molar-refractivity contribution is 0.477. The Balaban J connectivity index is 2.28. The van der Waals surface area contributed by atoms with E-state index in [0.717, 1.165) is 0 Å². The number of halogens is 2. The summed E-state index contributed by atoms with van der Waals surface area (Å²) in [6.45, 7) is 0. The van der Waals surface area contributed by atoms with Gasteiger partial charge >= 0.3 is 0 Å². The van der Waals surface area contributed by atoms with Gasteiger partial charge in [0.15, 0.2) is 0 Å². The number of hydrogen-bond donors (Lipinski definition) is 0. The van der Waals surface area contributed by atoms with Crippen LogP contribution >= 0.6 is 11.6 Å². The molecule has 0 unspecified atom stereocenters. The van der Waals surface area contributed by atoms with Gasteiger partial charge in [-0.1, -0.05) is 29.8 Å². The zero-order valence-electron chi connectivity index (χ0n) is 7.78. The molecular weight excluding hydrogens is 215 g/mol. The first kappa shape index (κ1) is 9.99. The Morgan fingerprint density at radius 1 is 1.00 bits per heavy atom. The number of rotatable bonds is 2. The molecule has 0 aliphatic heterocycles. The van der Waals surface area contributed by atoms with Crippen LogP contribution in [0.3, 0.4) is 0 Å². The van der Waals surface area contributed by atoms with Gasteiger partial charge in [-0.25, -0.2) is 4.39 Å². The first-order valence-corrected chi connectivity index (χ1v) is 4.81. The van der Waals surface area contributed by atoms with Gasteiger partial charge in [-0.2, -0.15) is 0 Å². The maximum Gasteiger partial charge on any atom is 0.148 e.